The largest absolute Gasteiger partial charge is 0.454 e. The first-order valence-corrected chi connectivity index (χ1v) is 10.6. The highest BCUT2D eigenvalue weighted by Crippen LogP contribution is 2.32. The van der Waals surface area contributed by atoms with Gasteiger partial charge in [-0.25, -0.2) is 0 Å². The standard InChI is InChI=1S/C25H22N4O6/c1-14(30)26-20-8-17(9-21(12-20)27-15(2)31)25(33)29-19-5-3-4-18(11-19)28-24(32)16-6-7-22-23(10-16)35-13-34-22/h3-12H,13H2,1-2H3,(H,26,30)(H,27,31)(H,28,32)(H,29,33). The van der Waals surface area contributed by atoms with Crippen molar-refractivity contribution in [2.45, 2.75) is 13.8 Å². The highest BCUT2D eigenvalue weighted by molar-refractivity contribution is 6.08. The zero-order valence-electron chi connectivity index (χ0n) is 18.9. The second-order valence-corrected chi connectivity index (χ2v) is 7.72. The van der Waals surface area contributed by atoms with Crippen LogP contribution in [0, 0.1) is 0 Å². The van der Waals surface area contributed by atoms with Crippen molar-refractivity contribution in [2.24, 2.45) is 0 Å². The molecule has 4 N–H and O–H groups in total. The first kappa shape index (κ1) is 23.3. The molecule has 0 fully saturated rings. The number of hydrogen-bond donors (Lipinski definition) is 4. The highest BCUT2D eigenvalue weighted by atomic mass is 16.7. The molecule has 178 valence electrons. The lowest BCUT2D eigenvalue weighted by Crippen LogP contribution is -2.15. The van der Waals surface area contributed by atoms with Gasteiger partial charge in [-0.15, -0.1) is 0 Å². The molecule has 1 aliphatic rings. The average molecular weight is 474 g/mol. The van der Waals surface area contributed by atoms with Crippen molar-refractivity contribution in [1.29, 1.82) is 0 Å². The molecule has 3 aromatic rings. The molecule has 0 aliphatic carbocycles. The Kier molecular flexibility index (Phi) is 6.63. The predicted molar refractivity (Wildman–Crippen MR) is 130 cm³/mol. The summed E-state index contributed by atoms with van der Waals surface area (Å²) >= 11 is 0. The first-order chi connectivity index (χ1) is 16.8. The number of carbonyl (C=O) groups is 4. The lowest BCUT2D eigenvalue weighted by atomic mass is 10.1. The number of amides is 4. The van der Waals surface area contributed by atoms with Gasteiger partial charge in [-0.05, 0) is 54.6 Å². The Hall–Kier alpha value is -4.86. The Labute approximate surface area is 200 Å². The molecule has 1 heterocycles. The van der Waals surface area contributed by atoms with Gasteiger partial charge in [0, 0.05) is 47.7 Å². The SMILES string of the molecule is CC(=O)Nc1cc(NC(C)=O)cc(C(=O)Nc2cccc(NC(=O)c3ccc4c(c3)OCO4)c2)c1. The van der Waals surface area contributed by atoms with E-state index in [1.54, 1.807) is 48.5 Å². The van der Waals surface area contributed by atoms with Gasteiger partial charge in [0.2, 0.25) is 18.6 Å². The molecule has 4 amide bonds. The average Bonchev–Trinajstić information content (AvgIpc) is 3.26. The maximum Gasteiger partial charge on any atom is 0.255 e. The van der Waals surface area contributed by atoms with E-state index in [9.17, 15) is 19.2 Å². The van der Waals surface area contributed by atoms with Crippen molar-refractivity contribution in [1.82, 2.24) is 0 Å². The number of anilines is 4. The summed E-state index contributed by atoms with van der Waals surface area (Å²) in [6, 6.07) is 16.1. The Balaban J connectivity index is 1.49. The second-order valence-electron chi connectivity index (χ2n) is 7.72. The molecule has 3 aromatic carbocycles. The van der Waals surface area contributed by atoms with E-state index in [1.165, 1.54) is 26.0 Å². The maximum absolute atomic E-state index is 12.9. The molecule has 10 heteroatoms. The highest BCUT2D eigenvalue weighted by Gasteiger charge is 2.17. The van der Waals surface area contributed by atoms with E-state index in [2.05, 4.69) is 21.3 Å². The molecule has 0 atom stereocenters. The molecular formula is C25H22N4O6. The number of ether oxygens (including phenoxy) is 2. The predicted octanol–water partition coefficient (Wildman–Crippen LogP) is 3.84. The fourth-order valence-electron chi connectivity index (χ4n) is 3.43. The Bertz CT molecular complexity index is 1300. The zero-order valence-corrected chi connectivity index (χ0v) is 18.9. The number of carbonyl (C=O) groups excluding carboxylic acids is 4. The van der Waals surface area contributed by atoms with E-state index in [-0.39, 0.29) is 30.1 Å². The molecule has 10 nitrogen and oxygen atoms in total. The number of benzene rings is 3. The molecule has 0 aromatic heterocycles. The third kappa shape index (κ3) is 5.93. The molecule has 0 bridgehead atoms. The van der Waals surface area contributed by atoms with Gasteiger partial charge in [-0.1, -0.05) is 6.07 Å². The molecule has 4 rings (SSSR count). The molecule has 0 unspecified atom stereocenters. The molecular weight excluding hydrogens is 452 g/mol. The summed E-state index contributed by atoms with van der Waals surface area (Å²) in [4.78, 5) is 48.5. The molecule has 0 saturated carbocycles. The monoisotopic (exact) mass is 474 g/mol. The van der Waals surface area contributed by atoms with E-state index in [0.29, 0.717) is 39.8 Å². The van der Waals surface area contributed by atoms with E-state index in [1.807, 2.05) is 0 Å². The Morgan fingerprint density at radius 1 is 0.600 bits per heavy atom. The van der Waals surface area contributed by atoms with Crippen molar-refractivity contribution in [3.8, 4) is 11.5 Å². The van der Waals surface area contributed by atoms with Gasteiger partial charge >= 0.3 is 0 Å². The van der Waals surface area contributed by atoms with Crippen LogP contribution in [-0.4, -0.2) is 30.4 Å². The summed E-state index contributed by atoms with van der Waals surface area (Å²) < 4.78 is 10.6. The van der Waals surface area contributed by atoms with Crippen molar-refractivity contribution in [3.63, 3.8) is 0 Å². The van der Waals surface area contributed by atoms with Crippen LogP contribution in [0.3, 0.4) is 0 Å². The summed E-state index contributed by atoms with van der Waals surface area (Å²) in [5, 5.41) is 10.7. The molecule has 0 spiro atoms. The van der Waals surface area contributed by atoms with E-state index in [0.717, 1.165) is 0 Å². The number of hydrogen-bond acceptors (Lipinski definition) is 6. The van der Waals surface area contributed by atoms with Crippen molar-refractivity contribution in [3.05, 3.63) is 71.8 Å². The van der Waals surface area contributed by atoms with Crippen LogP contribution in [0.4, 0.5) is 22.7 Å². The van der Waals surface area contributed by atoms with Crippen LogP contribution < -0.4 is 30.7 Å². The molecule has 0 saturated heterocycles. The third-order valence-electron chi connectivity index (χ3n) is 4.85. The summed E-state index contributed by atoms with van der Waals surface area (Å²) in [6.07, 6.45) is 0. The van der Waals surface area contributed by atoms with Crippen LogP contribution in [0.1, 0.15) is 34.6 Å². The van der Waals surface area contributed by atoms with Crippen molar-refractivity contribution >= 4 is 46.4 Å². The summed E-state index contributed by atoms with van der Waals surface area (Å²) in [7, 11) is 0. The fourth-order valence-corrected chi connectivity index (χ4v) is 3.43. The van der Waals surface area contributed by atoms with Crippen LogP contribution in [0.2, 0.25) is 0 Å². The van der Waals surface area contributed by atoms with Crippen LogP contribution >= 0.6 is 0 Å². The van der Waals surface area contributed by atoms with Crippen molar-refractivity contribution < 1.29 is 28.7 Å². The van der Waals surface area contributed by atoms with E-state index < -0.39 is 5.91 Å². The van der Waals surface area contributed by atoms with Crippen LogP contribution in [0.15, 0.2) is 60.7 Å². The Morgan fingerprint density at radius 2 is 1.14 bits per heavy atom. The lowest BCUT2D eigenvalue weighted by molar-refractivity contribution is -0.115. The summed E-state index contributed by atoms with van der Waals surface area (Å²) in [5.74, 6) is -0.378. The fraction of sp³-hybridized carbons (Fsp3) is 0.120. The minimum absolute atomic E-state index is 0.113. The topological polar surface area (TPSA) is 135 Å². The second kappa shape index (κ2) is 9.96. The van der Waals surface area contributed by atoms with Gasteiger partial charge in [-0.3, -0.25) is 19.2 Å². The summed E-state index contributed by atoms with van der Waals surface area (Å²) in [5.41, 5.74) is 2.23. The minimum Gasteiger partial charge on any atom is -0.454 e. The first-order valence-electron chi connectivity index (χ1n) is 10.6. The van der Waals surface area contributed by atoms with Crippen LogP contribution in [0.5, 0.6) is 11.5 Å². The van der Waals surface area contributed by atoms with Crippen LogP contribution in [-0.2, 0) is 9.59 Å². The summed E-state index contributed by atoms with van der Waals surface area (Å²) in [6.45, 7) is 2.80. The van der Waals surface area contributed by atoms with Gasteiger partial charge in [0.1, 0.15) is 0 Å². The normalized spacial score (nSPS) is 11.4. The van der Waals surface area contributed by atoms with Gasteiger partial charge in [-0.2, -0.15) is 0 Å². The zero-order chi connectivity index (χ0) is 24.9. The van der Waals surface area contributed by atoms with E-state index >= 15 is 0 Å². The van der Waals surface area contributed by atoms with Gasteiger partial charge < -0.3 is 30.7 Å². The van der Waals surface area contributed by atoms with Gasteiger partial charge in [0.05, 0.1) is 0 Å². The van der Waals surface area contributed by atoms with Gasteiger partial charge in [0.15, 0.2) is 11.5 Å². The minimum atomic E-state index is -0.469. The van der Waals surface area contributed by atoms with Crippen LogP contribution in [0.25, 0.3) is 0 Å². The number of nitrogens with one attached hydrogen (secondary N) is 4. The molecule has 35 heavy (non-hydrogen) atoms. The molecule has 0 radical (unpaired) electrons. The van der Waals surface area contributed by atoms with Gasteiger partial charge in [0.25, 0.3) is 11.8 Å². The molecule has 1 aliphatic heterocycles. The Morgan fingerprint density at radius 3 is 1.74 bits per heavy atom. The third-order valence-corrected chi connectivity index (χ3v) is 4.85. The van der Waals surface area contributed by atoms with Crippen molar-refractivity contribution in [2.75, 3.05) is 28.1 Å². The quantitative estimate of drug-likeness (QED) is 0.429. The number of fused-ring (bicyclic) bond motifs is 1. The van der Waals surface area contributed by atoms with E-state index in [4.69, 9.17) is 9.47 Å². The maximum atomic E-state index is 12.9. The number of rotatable bonds is 6. The lowest BCUT2D eigenvalue weighted by Gasteiger charge is -2.12. The smallest absolute Gasteiger partial charge is 0.255 e.